The number of Topliss-reactive ketones (excluding diaryl/α,β-unsaturated/α-hetero) is 1. The molecule has 2 rings (SSSR count). The number of benzene rings is 1. The third-order valence-corrected chi connectivity index (χ3v) is 5.07. The molecular formula is C23H32N2O. The van der Waals surface area contributed by atoms with Gasteiger partial charge in [0.1, 0.15) is 0 Å². The van der Waals surface area contributed by atoms with Crippen molar-refractivity contribution in [2.24, 2.45) is 0 Å². The van der Waals surface area contributed by atoms with Crippen molar-refractivity contribution in [3.05, 3.63) is 63.9 Å². The highest BCUT2D eigenvalue weighted by Crippen LogP contribution is 2.30. The molecule has 1 fully saturated rings. The van der Waals surface area contributed by atoms with E-state index in [1.54, 1.807) is 6.08 Å². The van der Waals surface area contributed by atoms with Crippen molar-refractivity contribution in [2.75, 3.05) is 13.6 Å². The Labute approximate surface area is 158 Å². The molecule has 26 heavy (non-hydrogen) atoms. The van der Waals surface area contributed by atoms with Crippen molar-refractivity contribution in [3.8, 4) is 0 Å². The van der Waals surface area contributed by atoms with Crippen molar-refractivity contribution in [1.82, 2.24) is 10.6 Å². The van der Waals surface area contributed by atoms with Crippen molar-refractivity contribution in [1.29, 1.82) is 0 Å². The Morgan fingerprint density at radius 2 is 2.08 bits per heavy atom. The summed E-state index contributed by atoms with van der Waals surface area (Å²) in [7, 11) is 1.82. The molecule has 1 saturated heterocycles. The lowest BCUT2D eigenvalue weighted by Crippen LogP contribution is -2.12. The van der Waals surface area contributed by atoms with E-state index < -0.39 is 0 Å². The smallest absolute Gasteiger partial charge is 0.190 e. The van der Waals surface area contributed by atoms with Gasteiger partial charge in [0.05, 0.1) is 0 Å². The number of aryl methyl sites for hydroxylation is 2. The first-order valence-electron chi connectivity index (χ1n) is 9.53. The van der Waals surface area contributed by atoms with Gasteiger partial charge >= 0.3 is 0 Å². The lowest BCUT2D eigenvalue weighted by Gasteiger charge is -2.13. The summed E-state index contributed by atoms with van der Waals surface area (Å²) in [6.07, 6.45) is 7.04. The van der Waals surface area contributed by atoms with Crippen LogP contribution >= 0.6 is 0 Å². The second-order valence-electron chi connectivity index (χ2n) is 7.12. The molecular weight excluding hydrogens is 320 g/mol. The van der Waals surface area contributed by atoms with Crippen molar-refractivity contribution in [3.63, 3.8) is 0 Å². The standard InChI is InChI=1S/C23H32N2O/c1-7-9-10-18-13-21(22-14-25-22)15(3)11-19(18)12-16(4)23(26)20(8-2)17(5)24-6/h8,11-13,22,24-25H,2,7,9-10,14H2,1,3-6H3/b16-12+,20-17-. The monoisotopic (exact) mass is 352 g/mol. The summed E-state index contributed by atoms with van der Waals surface area (Å²) >= 11 is 0. The van der Waals surface area contributed by atoms with E-state index in [0.29, 0.717) is 11.6 Å². The summed E-state index contributed by atoms with van der Waals surface area (Å²) in [5.41, 5.74) is 7.40. The molecule has 3 nitrogen and oxygen atoms in total. The molecule has 0 radical (unpaired) electrons. The van der Waals surface area contributed by atoms with Crippen LogP contribution in [0.3, 0.4) is 0 Å². The van der Waals surface area contributed by atoms with E-state index in [0.717, 1.165) is 42.6 Å². The van der Waals surface area contributed by atoms with E-state index in [1.807, 2.05) is 27.0 Å². The van der Waals surface area contributed by atoms with Crippen LogP contribution in [0.25, 0.3) is 6.08 Å². The van der Waals surface area contributed by atoms with Gasteiger partial charge in [-0.05, 0) is 67.5 Å². The Hall–Kier alpha value is -2.13. The fourth-order valence-corrected chi connectivity index (χ4v) is 3.23. The molecule has 1 aromatic carbocycles. The average molecular weight is 353 g/mol. The highest BCUT2D eigenvalue weighted by Gasteiger charge is 2.25. The largest absolute Gasteiger partial charge is 0.391 e. The number of nitrogens with one attached hydrogen (secondary N) is 2. The van der Waals surface area contributed by atoms with Gasteiger partial charge in [0.25, 0.3) is 0 Å². The Balaban J connectivity index is 2.42. The number of allylic oxidation sites excluding steroid dienone is 4. The molecule has 1 heterocycles. The fourth-order valence-electron chi connectivity index (χ4n) is 3.23. The van der Waals surface area contributed by atoms with Gasteiger partial charge in [-0.25, -0.2) is 0 Å². The molecule has 0 bridgehead atoms. The van der Waals surface area contributed by atoms with Crippen molar-refractivity contribution < 1.29 is 4.79 Å². The summed E-state index contributed by atoms with van der Waals surface area (Å²) in [4.78, 5) is 12.8. The summed E-state index contributed by atoms with van der Waals surface area (Å²) in [6, 6.07) is 5.08. The molecule has 0 aromatic heterocycles. The highest BCUT2D eigenvalue weighted by atomic mass is 16.1. The van der Waals surface area contributed by atoms with Gasteiger partial charge in [-0.1, -0.05) is 38.1 Å². The van der Waals surface area contributed by atoms with E-state index in [9.17, 15) is 4.79 Å². The first-order chi connectivity index (χ1) is 12.4. The molecule has 1 aliphatic heterocycles. The van der Waals surface area contributed by atoms with Crippen LogP contribution in [-0.4, -0.2) is 19.4 Å². The third kappa shape index (κ3) is 4.73. The van der Waals surface area contributed by atoms with Gasteiger partial charge < -0.3 is 10.6 Å². The SMILES string of the molecule is C=C/C(C(=O)/C(C)=C/c1cc(C)c(C2CN2)cc1CCCC)=C(\C)NC. The zero-order chi connectivity index (χ0) is 19.3. The lowest BCUT2D eigenvalue weighted by molar-refractivity contribution is -0.111. The number of carbonyl (C=O) groups is 1. The van der Waals surface area contributed by atoms with E-state index in [1.165, 1.54) is 16.7 Å². The van der Waals surface area contributed by atoms with E-state index in [2.05, 4.69) is 43.2 Å². The predicted molar refractivity (Wildman–Crippen MR) is 111 cm³/mol. The Kier molecular flexibility index (Phi) is 6.98. The van der Waals surface area contributed by atoms with E-state index in [-0.39, 0.29) is 5.78 Å². The zero-order valence-electron chi connectivity index (χ0n) is 16.8. The van der Waals surface area contributed by atoms with Gasteiger partial charge in [0.2, 0.25) is 0 Å². The topological polar surface area (TPSA) is 51.0 Å². The van der Waals surface area contributed by atoms with Crippen LogP contribution in [0.1, 0.15) is 61.9 Å². The van der Waals surface area contributed by atoms with Crippen LogP contribution in [0.4, 0.5) is 0 Å². The molecule has 0 spiro atoms. The van der Waals surface area contributed by atoms with Gasteiger partial charge in [0, 0.05) is 30.9 Å². The molecule has 3 heteroatoms. The molecule has 1 aromatic rings. The summed E-state index contributed by atoms with van der Waals surface area (Å²) in [5, 5.41) is 6.45. The minimum Gasteiger partial charge on any atom is -0.391 e. The van der Waals surface area contributed by atoms with Gasteiger partial charge in [-0.3, -0.25) is 4.79 Å². The third-order valence-electron chi connectivity index (χ3n) is 5.07. The maximum atomic E-state index is 12.8. The van der Waals surface area contributed by atoms with Crippen molar-refractivity contribution in [2.45, 2.75) is 53.0 Å². The Morgan fingerprint density at radius 1 is 1.38 bits per heavy atom. The van der Waals surface area contributed by atoms with Crippen LogP contribution in [0.15, 0.2) is 41.6 Å². The molecule has 0 saturated carbocycles. The quantitative estimate of drug-likeness (QED) is 0.387. The summed E-state index contributed by atoms with van der Waals surface area (Å²) < 4.78 is 0. The zero-order valence-corrected chi connectivity index (χ0v) is 16.8. The maximum Gasteiger partial charge on any atom is 0.190 e. The molecule has 140 valence electrons. The first-order valence-corrected chi connectivity index (χ1v) is 9.53. The molecule has 2 N–H and O–H groups in total. The minimum atomic E-state index is 0.0267. The summed E-state index contributed by atoms with van der Waals surface area (Å²) in [6.45, 7) is 13.0. The van der Waals surface area contributed by atoms with Crippen molar-refractivity contribution >= 4 is 11.9 Å². The molecule has 0 aliphatic carbocycles. The molecule has 1 aliphatic rings. The van der Waals surface area contributed by atoms with Crippen LogP contribution in [-0.2, 0) is 11.2 Å². The molecule has 1 unspecified atom stereocenters. The van der Waals surface area contributed by atoms with Gasteiger partial charge in [0.15, 0.2) is 5.78 Å². The summed E-state index contributed by atoms with van der Waals surface area (Å²) in [5.74, 6) is 0.0267. The Morgan fingerprint density at radius 3 is 2.62 bits per heavy atom. The predicted octanol–water partition coefficient (Wildman–Crippen LogP) is 4.63. The van der Waals surface area contributed by atoms with Gasteiger partial charge in [-0.2, -0.15) is 0 Å². The fraction of sp³-hybridized carbons (Fsp3) is 0.435. The molecule has 1 atom stereocenters. The van der Waals surface area contributed by atoms with Crippen LogP contribution in [0.5, 0.6) is 0 Å². The number of hydrogen-bond acceptors (Lipinski definition) is 3. The highest BCUT2D eigenvalue weighted by molar-refractivity contribution is 6.12. The van der Waals surface area contributed by atoms with E-state index >= 15 is 0 Å². The number of hydrogen-bond donors (Lipinski definition) is 2. The lowest BCUT2D eigenvalue weighted by atomic mass is 9.92. The Bertz CT molecular complexity index is 752. The minimum absolute atomic E-state index is 0.0267. The maximum absolute atomic E-state index is 12.8. The number of carbonyl (C=O) groups excluding carboxylic acids is 1. The average Bonchev–Trinajstić information content (AvgIpc) is 3.46. The number of rotatable bonds is 9. The van der Waals surface area contributed by atoms with Crippen LogP contribution in [0.2, 0.25) is 0 Å². The van der Waals surface area contributed by atoms with E-state index in [4.69, 9.17) is 0 Å². The van der Waals surface area contributed by atoms with Gasteiger partial charge in [-0.15, -0.1) is 0 Å². The van der Waals surface area contributed by atoms with Crippen LogP contribution < -0.4 is 10.6 Å². The normalized spacial score (nSPS) is 17.6. The second kappa shape index (κ2) is 9.00. The second-order valence-corrected chi connectivity index (χ2v) is 7.12. The number of unbranched alkanes of at least 4 members (excludes halogenated alkanes) is 1. The molecule has 0 amide bonds. The number of ketones is 1. The van der Waals surface area contributed by atoms with Crippen LogP contribution in [0, 0.1) is 6.92 Å². The first kappa shape index (κ1) is 20.2.